The fourth-order valence-electron chi connectivity index (χ4n) is 3.73. The average molecular weight is 483 g/mol. The summed E-state index contributed by atoms with van der Waals surface area (Å²) in [4.78, 5) is 29.3. The number of hydrogen-bond donors (Lipinski definition) is 2. The summed E-state index contributed by atoms with van der Waals surface area (Å²) in [6.45, 7) is 4.28. The average Bonchev–Trinajstić information content (AvgIpc) is 3.66. The van der Waals surface area contributed by atoms with Crippen molar-refractivity contribution in [3.8, 4) is 17.1 Å². The Morgan fingerprint density at radius 3 is 2.68 bits per heavy atom. The van der Waals surface area contributed by atoms with Crippen molar-refractivity contribution in [2.45, 2.75) is 44.3 Å². The van der Waals surface area contributed by atoms with E-state index in [1.807, 2.05) is 13.8 Å². The van der Waals surface area contributed by atoms with E-state index < -0.39 is 21.2 Å². The number of aromatic nitrogens is 4. The van der Waals surface area contributed by atoms with Gasteiger partial charge in [-0.25, -0.2) is 23.4 Å². The molecule has 1 saturated carbocycles. The highest BCUT2D eigenvalue weighted by Gasteiger charge is 2.36. The van der Waals surface area contributed by atoms with Gasteiger partial charge in [0, 0.05) is 23.2 Å². The summed E-state index contributed by atoms with van der Waals surface area (Å²) in [6, 6.07) is 6.86. The fourth-order valence-corrected chi connectivity index (χ4v) is 5.00. The highest BCUT2D eigenvalue weighted by Crippen LogP contribution is 2.36. The van der Waals surface area contributed by atoms with Crippen LogP contribution in [-0.4, -0.2) is 46.1 Å². The Bertz CT molecular complexity index is 1310. The Balaban J connectivity index is 1.78. The number of anilines is 1. The lowest BCUT2D eigenvalue weighted by Crippen LogP contribution is -2.19. The lowest BCUT2D eigenvalue weighted by Gasteiger charge is -2.20. The topological polar surface area (TPSA) is 150 Å². The molecule has 0 saturated heterocycles. The largest absolute Gasteiger partial charge is 0.477 e. The molecular weight excluding hydrogens is 456 g/mol. The molecule has 1 atom stereocenters. The fraction of sp³-hybridized carbons (Fsp3) is 0.348. The van der Waals surface area contributed by atoms with Crippen LogP contribution < -0.4 is 15.2 Å². The van der Waals surface area contributed by atoms with Crippen LogP contribution in [0.5, 0.6) is 5.88 Å². The predicted octanol–water partition coefficient (Wildman–Crippen LogP) is 2.88. The quantitative estimate of drug-likeness (QED) is 0.448. The molecule has 3 N–H and O–H groups in total. The van der Waals surface area contributed by atoms with E-state index in [4.69, 9.17) is 10.5 Å². The van der Waals surface area contributed by atoms with Crippen LogP contribution in [-0.2, 0) is 10.0 Å². The minimum atomic E-state index is -3.50. The van der Waals surface area contributed by atoms with Crippen LogP contribution in [0.15, 0.2) is 42.9 Å². The molecule has 1 amide bonds. The van der Waals surface area contributed by atoms with Gasteiger partial charge in [0.25, 0.3) is 0 Å². The molecule has 3 aromatic rings. The predicted molar refractivity (Wildman–Crippen MR) is 127 cm³/mol. The van der Waals surface area contributed by atoms with E-state index in [0.717, 1.165) is 11.1 Å². The summed E-state index contributed by atoms with van der Waals surface area (Å²) in [5, 5.41) is -0.392. The third kappa shape index (κ3) is 5.14. The van der Waals surface area contributed by atoms with Crippen LogP contribution in [0.25, 0.3) is 11.3 Å². The van der Waals surface area contributed by atoms with E-state index in [-0.39, 0.29) is 11.9 Å². The summed E-state index contributed by atoms with van der Waals surface area (Å²) in [5.41, 5.74) is 8.57. The van der Waals surface area contributed by atoms with Gasteiger partial charge in [-0.2, -0.15) is 0 Å². The molecule has 1 unspecified atom stereocenters. The van der Waals surface area contributed by atoms with Gasteiger partial charge in [0.1, 0.15) is 0 Å². The van der Waals surface area contributed by atoms with Gasteiger partial charge in [0.2, 0.25) is 27.8 Å². The number of nitrogens with two attached hydrogens (primary N) is 1. The monoisotopic (exact) mass is 482 g/mol. The zero-order valence-electron chi connectivity index (χ0n) is 18.9. The first kappa shape index (κ1) is 23.6. The zero-order valence-corrected chi connectivity index (χ0v) is 19.7. The van der Waals surface area contributed by atoms with Gasteiger partial charge in [-0.05, 0) is 49.9 Å². The van der Waals surface area contributed by atoms with Gasteiger partial charge in [-0.3, -0.25) is 14.5 Å². The summed E-state index contributed by atoms with van der Waals surface area (Å²) >= 11 is 0. The Labute approximate surface area is 198 Å². The Morgan fingerprint density at radius 2 is 2.00 bits per heavy atom. The van der Waals surface area contributed by atoms with Crippen molar-refractivity contribution >= 4 is 21.9 Å². The van der Waals surface area contributed by atoms with Crippen LogP contribution in [0, 0.1) is 0 Å². The molecule has 0 bridgehead atoms. The normalized spacial score (nSPS) is 14.4. The van der Waals surface area contributed by atoms with Crippen molar-refractivity contribution in [1.29, 1.82) is 0 Å². The maximum absolute atomic E-state index is 12.4. The van der Waals surface area contributed by atoms with Crippen molar-refractivity contribution in [2.75, 3.05) is 11.3 Å². The maximum atomic E-state index is 12.4. The summed E-state index contributed by atoms with van der Waals surface area (Å²) < 4.78 is 32.7. The number of benzene rings is 1. The number of nitrogens with zero attached hydrogens (tertiary/aromatic N) is 4. The van der Waals surface area contributed by atoms with Gasteiger partial charge in [-0.15, -0.1) is 0 Å². The maximum Gasteiger partial charge on any atom is 0.248 e. The molecule has 2 heterocycles. The van der Waals surface area contributed by atoms with Crippen molar-refractivity contribution in [3.05, 3.63) is 59.7 Å². The zero-order chi connectivity index (χ0) is 24.3. The molecule has 1 aliphatic carbocycles. The molecule has 0 spiro atoms. The van der Waals surface area contributed by atoms with Crippen molar-refractivity contribution < 1.29 is 17.9 Å². The van der Waals surface area contributed by atoms with Gasteiger partial charge in [0.15, 0.2) is 0 Å². The number of rotatable bonds is 10. The number of ether oxygens (including phenoxy) is 1. The van der Waals surface area contributed by atoms with Crippen LogP contribution in [0.3, 0.4) is 0 Å². The number of carbonyl (C=O) groups excluding carboxylic acids is 1. The number of primary amides is 1. The first-order valence-electron chi connectivity index (χ1n) is 11.1. The van der Waals surface area contributed by atoms with Crippen LogP contribution in [0.4, 0.5) is 5.95 Å². The molecule has 178 valence electrons. The highest BCUT2D eigenvalue weighted by molar-refractivity contribution is 7.93. The molecule has 1 fully saturated rings. The molecule has 0 radical (unpaired) electrons. The molecule has 10 nitrogen and oxygen atoms in total. The first-order valence-corrected chi connectivity index (χ1v) is 12.6. The van der Waals surface area contributed by atoms with Gasteiger partial charge < -0.3 is 10.5 Å². The van der Waals surface area contributed by atoms with E-state index in [2.05, 4.69) is 24.7 Å². The summed E-state index contributed by atoms with van der Waals surface area (Å²) in [5.74, 6) is -0.443. The Hall–Kier alpha value is -3.60. The number of amides is 1. The Morgan fingerprint density at radius 1 is 1.21 bits per heavy atom. The minimum Gasteiger partial charge on any atom is -0.477 e. The molecule has 34 heavy (non-hydrogen) atoms. The van der Waals surface area contributed by atoms with Crippen molar-refractivity contribution in [2.24, 2.45) is 5.73 Å². The number of sulfonamides is 1. The lowest BCUT2D eigenvalue weighted by molar-refractivity contribution is 0.1000. The van der Waals surface area contributed by atoms with Gasteiger partial charge in [0.05, 0.1) is 35.6 Å². The summed E-state index contributed by atoms with van der Waals surface area (Å²) in [7, 11) is -3.50. The van der Waals surface area contributed by atoms with Crippen molar-refractivity contribution in [1.82, 2.24) is 19.9 Å². The van der Waals surface area contributed by atoms with Gasteiger partial charge >= 0.3 is 0 Å². The second-order valence-corrected chi connectivity index (χ2v) is 9.92. The highest BCUT2D eigenvalue weighted by atomic mass is 32.2. The molecule has 2 aromatic heterocycles. The van der Waals surface area contributed by atoms with Crippen LogP contribution in [0.1, 0.15) is 60.6 Å². The smallest absolute Gasteiger partial charge is 0.248 e. The summed E-state index contributed by atoms with van der Waals surface area (Å²) in [6.07, 6.45) is 6.55. The van der Waals surface area contributed by atoms with Crippen molar-refractivity contribution in [3.63, 3.8) is 0 Å². The third-order valence-corrected chi connectivity index (χ3v) is 7.35. The van der Waals surface area contributed by atoms with E-state index in [9.17, 15) is 13.2 Å². The third-order valence-electron chi connectivity index (χ3n) is 5.53. The van der Waals surface area contributed by atoms with Gasteiger partial charge in [-0.1, -0.05) is 13.0 Å². The minimum absolute atomic E-state index is 0.0218. The SMILES string of the molecule is CCOc1cncc(-c2ccc(C(N)=O)cc2C(CC)c2ccnc(NS(=O)(=O)C3CC3)n2)n1. The number of nitrogens with one attached hydrogen (secondary N) is 1. The second kappa shape index (κ2) is 9.72. The molecule has 4 rings (SSSR count). The lowest BCUT2D eigenvalue weighted by atomic mass is 9.87. The van der Waals surface area contributed by atoms with E-state index >= 15 is 0 Å². The van der Waals surface area contributed by atoms with Crippen LogP contribution in [0.2, 0.25) is 0 Å². The van der Waals surface area contributed by atoms with E-state index in [0.29, 0.717) is 48.7 Å². The molecule has 1 aliphatic rings. The number of hydrogen-bond acceptors (Lipinski definition) is 8. The second-order valence-electron chi connectivity index (χ2n) is 7.95. The number of carbonyl (C=O) groups is 1. The van der Waals surface area contributed by atoms with E-state index in [1.54, 1.807) is 30.5 Å². The first-order chi connectivity index (χ1) is 16.3. The Kier molecular flexibility index (Phi) is 6.73. The van der Waals surface area contributed by atoms with E-state index in [1.165, 1.54) is 12.4 Å². The molecule has 11 heteroatoms. The standard InChI is InChI=1S/C23H26N6O4S/c1-3-16(19-9-10-26-23(28-19)29-34(31,32)15-6-7-15)18-11-14(22(24)30)5-8-17(18)20-12-25-13-21(27-20)33-4-2/h5,8-13,15-16H,3-4,6-7H2,1-2H3,(H2,24,30)(H,26,28,29). The molecule has 1 aromatic carbocycles. The molecular formula is C23H26N6O4S. The molecule has 0 aliphatic heterocycles. The van der Waals surface area contributed by atoms with Crippen LogP contribution >= 0.6 is 0 Å².